The summed E-state index contributed by atoms with van der Waals surface area (Å²) in [5, 5.41) is 3.80. The molecule has 0 bridgehead atoms. The summed E-state index contributed by atoms with van der Waals surface area (Å²) in [4.78, 5) is 16.2. The smallest absolute Gasteiger partial charge is 0.254 e. The van der Waals surface area contributed by atoms with Crippen LogP contribution in [0.5, 0.6) is 0 Å². The molecule has 1 saturated heterocycles. The van der Waals surface area contributed by atoms with Gasteiger partial charge in [0.2, 0.25) is 0 Å². The Hall–Kier alpha value is -1.79. The maximum absolute atomic E-state index is 13.3. The van der Waals surface area contributed by atoms with Gasteiger partial charge in [0.1, 0.15) is 5.82 Å². The number of carbonyl (C=O) groups is 1. The van der Waals surface area contributed by atoms with E-state index < -0.39 is 0 Å². The molecular weight excluding hydrogens is 271 g/mol. The van der Waals surface area contributed by atoms with E-state index in [2.05, 4.69) is 27.3 Å². The predicted molar refractivity (Wildman–Crippen MR) is 80.7 cm³/mol. The van der Waals surface area contributed by atoms with Gasteiger partial charge in [-0.1, -0.05) is 25.1 Å². The molecule has 1 aliphatic heterocycles. The number of halogens is 1. The van der Waals surface area contributed by atoms with E-state index in [1.54, 1.807) is 18.2 Å². The Morgan fingerprint density at radius 3 is 2.62 bits per heavy atom. The number of hydrogen-bond acceptors (Lipinski definition) is 4. The molecule has 0 aromatic heterocycles. The lowest BCUT2D eigenvalue weighted by atomic mass is 10.2. The third kappa shape index (κ3) is 4.91. The standard InChI is InChI=1S/C15H21FN4O/c1-2-19-7-9-20(10-8-19)12-15(21)18-17-11-13-5-3-4-6-14(13)16/h3-6,11H,2,7-10,12H2,1H3,(H,18,21)/b17-11+. The highest BCUT2D eigenvalue weighted by molar-refractivity contribution is 5.83. The van der Waals surface area contributed by atoms with Crippen molar-refractivity contribution in [2.24, 2.45) is 5.10 Å². The molecule has 1 aliphatic rings. The van der Waals surface area contributed by atoms with Gasteiger partial charge in [0.15, 0.2) is 0 Å². The predicted octanol–water partition coefficient (Wildman–Crippen LogP) is 0.913. The molecule has 21 heavy (non-hydrogen) atoms. The summed E-state index contributed by atoms with van der Waals surface area (Å²) in [6, 6.07) is 6.30. The molecule has 6 heteroatoms. The Bertz CT molecular complexity index is 498. The minimum atomic E-state index is -0.355. The van der Waals surface area contributed by atoms with Crippen LogP contribution in [0.15, 0.2) is 29.4 Å². The SMILES string of the molecule is CCN1CCN(CC(=O)N/N=C/c2ccccc2F)CC1. The Balaban J connectivity index is 1.74. The average Bonchev–Trinajstić information content (AvgIpc) is 2.50. The van der Waals surface area contributed by atoms with E-state index >= 15 is 0 Å². The van der Waals surface area contributed by atoms with Crippen LogP contribution in [0.2, 0.25) is 0 Å². The molecule has 2 rings (SSSR count). The molecule has 114 valence electrons. The molecule has 1 amide bonds. The van der Waals surface area contributed by atoms with Crippen molar-refractivity contribution in [3.63, 3.8) is 0 Å². The highest BCUT2D eigenvalue weighted by Crippen LogP contribution is 2.03. The molecule has 1 aromatic rings. The number of benzene rings is 1. The number of piperazine rings is 1. The molecular formula is C15H21FN4O. The Morgan fingerprint density at radius 1 is 1.29 bits per heavy atom. The number of amides is 1. The fourth-order valence-electron chi connectivity index (χ4n) is 2.26. The first-order chi connectivity index (χ1) is 10.2. The number of nitrogens with one attached hydrogen (secondary N) is 1. The van der Waals surface area contributed by atoms with Crippen molar-refractivity contribution in [2.45, 2.75) is 6.92 Å². The number of carbonyl (C=O) groups excluding carboxylic acids is 1. The first kappa shape index (κ1) is 15.6. The molecule has 0 unspecified atom stereocenters. The van der Waals surface area contributed by atoms with Crippen molar-refractivity contribution < 1.29 is 9.18 Å². The van der Waals surface area contributed by atoms with E-state index in [4.69, 9.17) is 0 Å². The molecule has 1 fully saturated rings. The van der Waals surface area contributed by atoms with E-state index in [1.807, 2.05) is 0 Å². The minimum absolute atomic E-state index is 0.174. The number of hydrogen-bond donors (Lipinski definition) is 1. The van der Waals surface area contributed by atoms with Crippen molar-refractivity contribution >= 4 is 12.1 Å². The van der Waals surface area contributed by atoms with Crippen molar-refractivity contribution in [3.8, 4) is 0 Å². The van der Waals surface area contributed by atoms with Crippen LogP contribution in [0.25, 0.3) is 0 Å². The average molecular weight is 292 g/mol. The van der Waals surface area contributed by atoms with Crippen LogP contribution in [-0.2, 0) is 4.79 Å². The highest BCUT2D eigenvalue weighted by atomic mass is 19.1. The van der Waals surface area contributed by atoms with Crippen molar-refractivity contribution in [3.05, 3.63) is 35.6 Å². The van der Waals surface area contributed by atoms with Gasteiger partial charge in [-0.2, -0.15) is 5.10 Å². The number of likely N-dealkylation sites (N-methyl/N-ethyl adjacent to an activating group) is 1. The van der Waals surface area contributed by atoms with Gasteiger partial charge in [-0.05, 0) is 12.6 Å². The zero-order valence-corrected chi connectivity index (χ0v) is 12.3. The monoisotopic (exact) mass is 292 g/mol. The first-order valence-electron chi connectivity index (χ1n) is 7.20. The Kier molecular flexibility index (Phi) is 5.83. The third-order valence-electron chi connectivity index (χ3n) is 3.58. The van der Waals surface area contributed by atoms with Crippen LogP contribution < -0.4 is 5.43 Å². The highest BCUT2D eigenvalue weighted by Gasteiger charge is 2.17. The van der Waals surface area contributed by atoms with Gasteiger partial charge in [-0.15, -0.1) is 0 Å². The lowest BCUT2D eigenvalue weighted by Crippen LogP contribution is -2.48. The summed E-state index contributed by atoms with van der Waals surface area (Å²) in [5.74, 6) is -0.529. The molecule has 0 atom stereocenters. The van der Waals surface area contributed by atoms with Gasteiger partial charge in [0.05, 0.1) is 12.8 Å². The van der Waals surface area contributed by atoms with E-state index in [1.165, 1.54) is 12.3 Å². The number of nitrogens with zero attached hydrogens (tertiary/aromatic N) is 3. The second kappa shape index (κ2) is 7.85. The van der Waals surface area contributed by atoms with E-state index in [0.29, 0.717) is 12.1 Å². The fraction of sp³-hybridized carbons (Fsp3) is 0.467. The summed E-state index contributed by atoms with van der Waals surface area (Å²) >= 11 is 0. The van der Waals surface area contributed by atoms with Crippen LogP contribution in [-0.4, -0.2) is 61.2 Å². The third-order valence-corrected chi connectivity index (χ3v) is 3.58. The van der Waals surface area contributed by atoms with Gasteiger partial charge in [0.25, 0.3) is 5.91 Å². The van der Waals surface area contributed by atoms with Gasteiger partial charge in [0, 0.05) is 31.7 Å². The fourth-order valence-corrected chi connectivity index (χ4v) is 2.26. The molecule has 1 aromatic carbocycles. The summed E-state index contributed by atoms with van der Waals surface area (Å²) in [5.41, 5.74) is 2.80. The maximum atomic E-state index is 13.3. The normalized spacial score (nSPS) is 17.2. The van der Waals surface area contributed by atoms with Gasteiger partial charge in [-0.25, -0.2) is 9.82 Å². The molecule has 0 radical (unpaired) electrons. The van der Waals surface area contributed by atoms with Crippen LogP contribution >= 0.6 is 0 Å². The first-order valence-corrected chi connectivity index (χ1v) is 7.20. The van der Waals surface area contributed by atoms with E-state index in [9.17, 15) is 9.18 Å². The Morgan fingerprint density at radius 2 is 1.95 bits per heavy atom. The van der Waals surface area contributed by atoms with Crippen molar-refractivity contribution in [2.75, 3.05) is 39.3 Å². The molecule has 0 saturated carbocycles. The molecule has 5 nitrogen and oxygen atoms in total. The zero-order chi connectivity index (χ0) is 15.1. The minimum Gasteiger partial charge on any atom is -0.301 e. The van der Waals surface area contributed by atoms with Crippen LogP contribution in [0.4, 0.5) is 4.39 Å². The number of rotatable bonds is 5. The van der Waals surface area contributed by atoms with E-state index in [-0.39, 0.29) is 11.7 Å². The van der Waals surface area contributed by atoms with Gasteiger partial charge < -0.3 is 4.90 Å². The maximum Gasteiger partial charge on any atom is 0.254 e. The molecule has 0 spiro atoms. The quantitative estimate of drug-likeness (QED) is 0.648. The summed E-state index contributed by atoms with van der Waals surface area (Å²) in [7, 11) is 0. The largest absolute Gasteiger partial charge is 0.301 e. The van der Waals surface area contributed by atoms with E-state index in [0.717, 1.165) is 32.7 Å². The van der Waals surface area contributed by atoms with Crippen LogP contribution in [0.3, 0.4) is 0 Å². The van der Waals surface area contributed by atoms with Crippen LogP contribution in [0.1, 0.15) is 12.5 Å². The zero-order valence-electron chi connectivity index (χ0n) is 12.3. The lowest BCUT2D eigenvalue weighted by molar-refractivity contribution is -0.122. The van der Waals surface area contributed by atoms with Crippen LogP contribution in [0, 0.1) is 5.82 Å². The number of hydrazone groups is 1. The second-order valence-corrected chi connectivity index (χ2v) is 5.03. The summed E-state index contributed by atoms with van der Waals surface area (Å²) in [6.45, 7) is 7.26. The second-order valence-electron chi connectivity index (χ2n) is 5.03. The lowest BCUT2D eigenvalue weighted by Gasteiger charge is -2.33. The van der Waals surface area contributed by atoms with Crippen molar-refractivity contribution in [1.82, 2.24) is 15.2 Å². The molecule has 1 heterocycles. The summed E-state index contributed by atoms with van der Waals surface area (Å²) < 4.78 is 13.3. The molecule has 1 N–H and O–H groups in total. The Labute approximate surface area is 124 Å². The van der Waals surface area contributed by atoms with Gasteiger partial charge >= 0.3 is 0 Å². The topological polar surface area (TPSA) is 47.9 Å². The van der Waals surface area contributed by atoms with Crippen molar-refractivity contribution in [1.29, 1.82) is 0 Å². The summed E-state index contributed by atoms with van der Waals surface area (Å²) in [6.07, 6.45) is 1.32. The van der Waals surface area contributed by atoms with Gasteiger partial charge in [-0.3, -0.25) is 9.69 Å². The molecule has 0 aliphatic carbocycles.